The van der Waals surface area contributed by atoms with Gasteiger partial charge in [-0.3, -0.25) is 14.6 Å². The summed E-state index contributed by atoms with van der Waals surface area (Å²) >= 11 is 0. The lowest BCUT2D eigenvalue weighted by molar-refractivity contribution is 0.251. The van der Waals surface area contributed by atoms with Crippen molar-refractivity contribution in [1.29, 1.82) is 0 Å². The molecular weight excluding hydrogens is 364 g/mol. The lowest BCUT2D eigenvalue weighted by Gasteiger charge is -2.19. The van der Waals surface area contributed by atoms with Crippen molar-refractivity contribution in [1.82, 2.24) is 46.1 Å². The molecule has 142 valence electrons. The highest BCUT2D eigenvalue weighted by atomic mass is 16.1. The molecule has 3 aromatic rings. The summed E-state index contributed by atoms with van der Waals surface area (Å²) in [7, 11) is 0. The van der Waals surface area contributed by atoms with E-state index in [1.807, 2.05) is 6.92 Å². The van der Waals surface area contributed by atoms with Gasteiger partial charge in [0.05, 0.1) is 29.9 Å². The minimum absolute atomic E-state index is 0.268. The Kier molecular flexibility index (Phi) is 4.42. The highest BCUT2D eigenvalue weighted by molar-refractivity contribution is 5.93. The van der Waals surface area contributed by atoms with Crippen molar-refractivity contribution in [3.05, 3.63) is 32.8 Å². The first-order chi connectivity index (χ1) is 13.6. The Labute approximate surface area is 157 Å². The van der Waals surface area contributed by atoms with Gasteiger partial charge in [0.2, 0.25) is 0 Å². The second-order valence-corrected chi connectivity index (χ2v) is 6.27. The first-order valence-corrected chi connectivity index (χ1v) is 8.49. The van der Waals surface area contributed by atoms with E-state index in [2.05, 4.69) is 42.7 Å². The lowest BCUT2D eigenvalue weighted by Crippen LogP contribution is -2.42. The number of terminal acetylenes is 1. The average molecular weight is 380 g/mol. The third-order valence-electron chi connectivity index (χ3n) is 4.33. The van der Waals surface area contributed by atoms with Crippen LogP contribution in [-0.4, -0.2) is 47.9 Å². The van der Waals surface area contributed by atoms with Crippen molar-refractivity contribution < 1.29 is 0 Å². The van der Waals surface area contributed by atoms with Gasteiger partial charge in [0.15, 0.2) is 0 Å². The van der Waals surface area contributed by atoms with Gasteiger partial charge < -0.3 is 0 Å². The number of aryl methyl sites for hydroxylation is 1. The van der Waals surface area contributed by atoms with E-state index in [4.69, 9.17) is 6.42 Å². The molecule has 0 amide bonds. The predicted molar refractivity (Wildman–Crippen MR) is 101 cm³/mol. The van der Waals surface area contributed by atoms with Gasteiger partial charge in [-0.1, -0.05) is 10.4 Å². The van der Waals surface area contributed by atoms with Crippen LogP contribution in [0.4, 0.5) is 0 Å². The van der Waals surface area contributed by atoms with Gasteiger partial charge in [-0.2, -0.15) is 5.10 Å². The molecule has 1 unspecified atom stereocenters. The summed E-state index contributed by atoms with van der Waals surface area (Å²) in [5.41, 5.74) is 5.34. The molecule has 0 spiro atoms. The van der Waals surface area contributed by atoms with Gasteiger partial charge in [-0.15, -0.1) is 28.1 Å². The summed E-state index contributed by atoms with van der Waals surface area (Å²) in [6.45, 7) is 2.54. The quantitative estimate of drug-likeness (QED) is 0.411. The maximum Gasteiger partial charge on any atom is 0.277 e. The third kappa shape index (κ3) is 3.03. The zero-order chi connectivity index (χ0) is 19.7. The first kappa shape index (κ1) is 17.6. The smallest absolute Gasteiger partial charge is 0.276 e. The number of hydrazine groups is 2. The molecule has 0 radical (unpaired) electrons. The predicted octanol–water partition coefficient (Wildman–Crippen LogP) is -1.25. The van der Waals surface area contributed by atoms with E-state index in [9.17, 15) is 9.59 Å². The molecule has 1 aliphatic rings. The number of hydrogen-bond donors (Lipinski definition) is 2. The Bertz CT molecular complexity index is 1240. The van der Waals surface area contributed by atoms with Gasteiger partial charge >= 0.3 is 0 Å². The Morgan fingerprint density at radius 3 is 2.54 bits per heavy atom. The molecule has 0 fully saturated rings. The Hall–Kier alpha value is -3.85. The Morgan fingerprint density at radius 2 is 1.86 bits per heavy atom. The molecule has 0 bridgehead atoms. The van der Waals surface area contributed by atoms with Gasteiger partial charge in [0, 0.05) is 6.42 Å². The minimum Gasteiger partial charge on any atom is -0.276 e. The molecule has 4 rings (SSSR count). The molecule has 3 heterocycles. The summed E-state index contributed by atoms with van der Waals surface area (Å²) in [6.07, 6.45) is 7.16. The van der Waals surface area contributed by atoms with Gasteiger partial charge in [-0.05, 0) is 19.1 Å². The van der Waals surface area contributed by atoms with E-state index < -0.39 is 0 Å². The Morgan fingerprint density at radius 1 is 1.14 bits per heavy atom. The van der Waals surface area contributed by atoms with E-state index in [1.165, 1.54) is 21.5 Å². The molecule has 0 saturated carbocycles. The molecule has 12 heteroatoms. The number of aromatic nitrogens is 6. The summed E-state index contributed by atoms with van der Waals surface area (Å²) in [4.78, 5) is 25.5. The molecule has 1 atom stereocenters. The van der Waals surface area contributed by atoms with Crippen LogP contribution >= 0.6 is 0 Å². The molecule has 28 heavy (non-hydrogen) atoms. The van der Waals surface area contributed by atoms with E-state index in [0.29, 0.717) is 34.8 Å². The molecule has 2 N–H and O–H groups in total. The van der Waals surface area contributed by atoms with Crippen LogP contribution in [0.5, 0.6) is 0 Å². The highest BCUT2D eigenvalue weighted by Crippen LogP contribution is 2.14. The number of benzene rings is 1. The monoisotopic (exact) mass is 380 g/mol. The molecule has 2 aromatic heterocycles. The number of hydrazone groups is 1. The first-order valence-electron chi connectivity index (χ1n) is 8.49. The molecule has 1 aliphatic heterocycles. The van der Waals surface area contributed by atoms with Crippen LogP contribution in [0.3, 0.4) is 0 Å². The van der Waals surface area contributed by atoms with Gasteiger partial charge in [0.1, 0.15) is 17.4 Å². The van der Waals surface area contributed by atoms with Crippen LogP contribution in [0.2, 0.25) is 0 Å². The summed E-state index contributed by atoms with van der Waals surface area (Å²) in [5.74, 6) is 2.46. The van der Waals surface area contributed by atoms with Crippen molar-refractivity contribution in [2.45, 2.75) is 25.9 Å². The molecule has 12 nitrogen and oxygen atoms in total. The summed E-state index contributed by atoms with van der Waals surface area (Å²) < 4.78 is 2.48. The van der Waals surface area contributed by atoms with E-state index >= 15 is 0 Å². The third-order valence-corrected chi connectivity index (χ3v) is 4.33. The molecule has 0 aliphatic carbocycles. The van der Waals surface area contributed by atoms with Gasteiger partial charge in [0.25, 0.3) is 11.1 Å². The number of fused-ring (bicyclic) bond motifs is 2. The number of rotatable bonds is 5. The van der Waals surface area contributed by atoms with Gasteiger partial charge in [-0.25, -0.2) is 14.9 Å². The van der Waals surface area contributed by atoms with Crippen molar-refractivity contribution >= 4 is 28.1 Å². The minimum atomic E-state index is -0.339. The van der Waals surface area contributed by atoms with Crippen LogP contribution in [-0.2, 0) is 6.54 Å². The van der Waals surface area contributed by atoms with Crippen LogP contribution in [0.15, 0.2) is 26.8 Å². The van der Waals surface area contributed by atoms with Crippen molar-refractivity contribution in [2.75, 3.05) is 6.54 Å². The van der Waals surface area contributed by atoms with E-state index in [1.54, 1.807) is 11.3 Å². The van der Waals surface area contributed by atoms with Crippen LogP contribution < -0.4 is 22.2 Å². The molecule has 1 aromatic carbocycles. The van der Waals surface area contributed by atoms with Crippen molar-refractivity contribution in [3.8, 4) is 12.3 Å². The summed E-state index contributed by atoms with van der Waals surface area (Å²) in [5, 5.41) is 22.2. The topological polar surface area (TPSA) is 135 Å². The fourth-order valence-corrected chi connectivity index (χ4v) is 2.91. The van der Waals surface area contributed by atoms with E-state index in [-0.39, 0.29) is 23.7 Å². The van der Waals surface area contributed by atoms with Crippen LogP contribution in [0.25, 0.3) is 21.8 Å². The second-order valence-electron chi connectivity index (χ2n) is 6.27. The standard InChI is InChI=1S/C16H16N10O2/c1-3-4-5-25-15(27)11-6-14-12(7-13(11)18-21-25)16(28)26(22-19-14)10(2)8-24-9-17-20-23-24/h1,6-7,9-10,20,23H,4-5,8H2,2H3. The highest BCUT2D eigenvalue weighted by Gasteiger charge is 2.17. The summed E-state index contributed by atoms with van der Waals surface area (Å²) in [6, 6.07) is 2.74. The molecule has 0 saturated heterocycles. The number of hydrogen-bond acceptors (Lipinski definition) is 10. The number of nitrogens with zero attached hydrogens (tertiary/aromatic N) is 8. The van der Waals surface area contributed by atoms with E-state index in [0.717, 1.165) is 0 Å². The largest absolute Gasteiger partial charge is 0.277 e. The van der Waals surface area contributed by atoms with Crippen molar-refractivity contribution in [2.24, 2.45) is 5.10 Å². The fourth-order valence-electron chi connectivity index (χ4n) is 2.91. The zero-order valence-corrected chi connectivity index (χ0v) is 14.9. The fraction of sp³-hybridized carbons (Fsp3) is 0.312. The second kappa shape index (κ2) is 7.05. The normalized spacial score (nSPS) is 14.4. The van der Waals surface area contributed by atoms with Crippen molar-refractivity contribution in [3.63, 3.8) is 0 Å². The SMILES string of the molecule is C#CCCn1nnc2cc3c(=O)n(C(C)CN4C=NNN4)nnc3cc2c1=O. The zero-order valence-electron chi connectivity index (χ0n) is 14.9. The Balaban J connectivity index is 1.77. The maximum atomic E-state index is 12.9. The number of nitrogens with one attached hydrogen (secondary N) is 2. The van der Waals surface area contributed by atoms with Crippen LogP contribution in [0, 0.1) is 12.3 Å². The maximum absolute atomic E-state index is 12.9. The van der Waals surface area contributed by atoms with Crippen LogP contribution in [0.1, 0.15) is 19.4 Å². The average Bonchev–Trinajstić information content (AvgIpc) is 3.20. The molecular formula is C16H16N10O2. The lowest BCUT2D eigenvalue weighted by atomic mass is 10.2.